The molecular formula is H2Cr2O13S3. The summed E-state index contributed by atoms with van der Waals surface area (Å²) in [5.74, 6) is 0. The Bertz CT molecular complexity index is 341. The Morgan fingerprint density at radius 3 is 0.444 bits per heavy atom. The zero-order valence-electron chi connectivity index (χ0n) is 7.44. The summed E-state index contributed by atoms with van der Waals surface area (Å²) in [6.45, 7) is 0. The van der Waals surface area contributed by atoms with Crippen molar-refractivity contribution >= 4 is 31.2 Å². The second kappa shape index (κ2) is 14.1. The molecule has 2 radical (unpaired) electrons. The molecule has 0 fully saturated rings. The summed E-state index contributed by atoms with van der Waals surface area (Å²) in [5, 5.41) is 0. The van der Waals surface area contributed by atoms with Crippen LogP contribution < -0.4 is 0 Å². The van der Waals surface area contributed by atoms with Crippen LogP contribution in [0.15, 0.2) is 0 Å². The van der Waals surface area contributed by atoms with Gasteiger partial charge in [0.2, 0.25) is 0 Å². The average molecular weight is 410 g/mol. The Hall–Kier alpha value is 0.635. The summed E-state index contributed by atoms with van der Waals surface area (Å²) in [4.78, 5) is 0. The number of rotatable bonds is 0. The van der Waals surface area contributed by atoms with Crippen LogP contribution >= 0.6 is 0 Å². The van der Waals surface area contributed by atoms with Gasteiger partial charge >= 0.3 is 34.7 Å². The molecule has 0 spiro atoms. The normalized spacial score (nSPS) is 9.67. The van der Waals surface area contributed by atoms with Crippen molar-refractivity contribution in [3.05, 3.63) is 0 Å². The molecule has 0 unspecified atom stereocenters. The smallest absolute Gasteiger partial charge is 0.759 e. The van der Waals surface area contributed by atoms with Crippen LogP contribution in [0.25, 0.3) is 0 Å². The van der Waals surface area contributed by atoms with Crippen molar-refractivity contribution in [3.8, 4) is 0 Å². The molecule has 0 saturated heterocycles. The van der Waals surface area contributed by atoms with Crippen LogP contribution in [-0.4, -0.2) is 58.0 Å². The fourth-order valence-corrected chi connectivity index (χ4v) is 0. The largest absolute Gasteiger partial charge is 3.00 e. The molecule has 0 heterocycles. The molecule has 0 aromatic rings. The maximum Gasteiger partial charge on any atom is 3.00 e. The topological polar surface area (TPSA) is 272 Å². The predicted molar refractivity (Wildman–Crippen MR) is 35.0 cm³/mol. The number of hydrogen-bond acceptors (Lipinski definition) is 12. The third-order valence-electron chi connectivity index (χ3n) is 0. The van der Waals surface area contributed by atoms with E-state index in [-0.39, 0.29) is 40.2 Å². The first-order chi connectivity index (χ1) is 6.00. The summed E-state index contributed by atoms with van der Waals surface area (Å²) in [5.41, 5.74) is 0. The number of hydrogen-bond donors (Lipinski definition) is 0. The Labute approximate surface area is 124 Å². The van der Waals surface area contributed by atoms with Crippen molar-refractivity contribution in [2.45, 2.75) is 0 Å². The van der Waals surface area contributed by atoms with Gasteiger partial charge in [-0.05, 0) is 0 Å². The van der Waals surface area contributed by atoms with E-state index < -0.39 is 31.2 Å². The first-order valence-electron chi connectivity index (χ1n) is 2.00. The van der Waals surface area contributed by atoms with Gasteiger partial charge in [-0.15, -0.1) is 0 Å². The van der Waals surface area contributed by atoms with Crippen LogP contribution in [0, 0.1) is 0 Å². The Balaban J connectivity index is -0.0000000277. The van der Waals surface area contributed by atoms with Gasteiger partial charge in [-0.2, -0.15) is 0 Å². The fraction of sp³-hybridized carbons (Fsp3) is 0. The molecule has 18 heavy (non-hydrogen) atoms. The Morgan fingerprint density at radius 2 is 0.444 bits per heavy atom. The zero-order valence-corrected chi connectivity index (χ0v) is 12.4. The van der Waals surface area contributed by atoms with Gasteiger partial charge in [0.1, 0.15) is 0 Å². The molecule has 0 saturated carbocycles. The van der Waals surface area contributed by atoms with E-state index in [2.05, 4.69) is 0 Å². The van der Waals surface area contributed by atoms with E-state index in [1.54, 1.807) is 0 Å². The maximum absolute atomic E-state index is 8.52. The first kappa shape index (κ1) is 36.3. The third kappa shape index (κ3) is 10100. The second-order valence-electron chi connectivity index (χ2n) is 1.22. The molecule has 0 atom stereocenters. The summed E-state index contributed by atoms with van der Waals surface area (Å²) >= 11 is 0. The minimum absolute atomic E-state index is 0. The van der Waals surface area contributed by atoms with Crippen LogP contribution in [0.1, 0.15) is 0 Å². The van der Waals surface area contributed by atoms with E-state index in [0.29, 0.717) is 0 Å². The van der Waals surface area contributed by atoms with Crippen LogP contribution in [-0.2, 0) is 65.9 Å². The van der Waals surface area contributed by atoms with Gasteiger partial charge in [0.15, 0.2) is 0 Å². The van der Waals surface area contributed by atoms with Gasteiger partial charge in [0, 0.05) is 31.2 Å². The minimum atomic E-state index is -5.17. The van der Waals surface area contributed by atoms with Crippen molar-refractivity contribution in [2.75, 3.05) is 0 Å². The van der Waals surface area contributed by atoms with Crippen molar-refractivity contribution in [1.29, 1.82) is 0 Å². The van der Waals surface area contributed by atoms with Gasteiger partial charge < -0.3 is 32.8 Å². The SMILES string of the molecule is O.O=S(=O)([O-])[O-].O=S(=O)([O-])[O-].O=S(=O)([O-])[O-].[Cr+3].[Cr+3]. The van der Waals surface area contributed by atoms with Gasteiger partial charge in [-0.3, -0.25) is 25.3 Å². The molecule has 13 nitrogen and oxygen atoms in total. The van der Waals surface area contributed by atoms with E-state index in [4.69, 9.17) is 52.6 Å². The maximum atomic E-state index is 8.52. The van der Waals surface area contributed by atoms with Crippen LogP contribution in [0.5, 0.6) is 0 Å². The Kier molecular flexibility index (Phi) is 28.3. The first-order valence-corrected chi connectivity index (χ1v) is 6.00. The van der Waals surface area contributed by atoms with E-state index in [1.165, 1.54) is 0 Å². The fourth-order valence-electron chi connectivity index (χ4n) is 0. The molecule has 0 amide bonds. The molecular weight excluding hydrogens is 408 g/mol. The summed E-state index contributed by atoms with van der Waals surface area (Å²) in [6.07, 6.45) is 0. The molecule has 0 aliphatic carbocycles. The van der Waals surface area contributed by atoms with Crippen LogP contribution in [0.4, 0.5) is 0 Å². The summed E-state index contributed by atoms with van der Waals surface area (Å²) in [7, 11) is -15.5. The van der Waals surface area contributed by atoms with E-state index in [0.717, 1.165) is 0 Å². The van der Waals surface area contributed by atoms with Crippen LogP contribution in [0.3, 0.4) is 0 Å². The molecule has 0 aromatic heterocycles. The molecule has 110 valence electrons. The predicted octanol–water partition coefficient (Wildman–Crippen LogP) is -4.84. The van der Waals surface area contributed by atoms with Crippen LogP contribution in [0.2, 0.25) is 0 Å². The third-order valence-corrected chi connectivity index (χ3v) is 0. The standard InChI is InChI=1S/2Cr.3H2O4S.H2O/c;;3*1-5(2,3)4;/h;;3*(H2,1,2,3,4);1H2/q2*+3;;;;/p-6. The van der Waals surface area contributed by atoms with E-state index in [1.807, 2.05) is 0 Å². The molecule has 0 aliphatic heterocycles. The average Bonchev–Trinajstić information content (AvgIpc) is 1.41. The van der Waals surface area contributed by atoms with E-state index >= 15 is 0 Å². The summed E-state index contributed by atoms with van der Waals surface area (Å²) < 4.78 is 102. The second-order valence-corrected chi connectivity index (χ2v) is 3.67. The molecule has 0 bridgehead atoms. The summed E-state index contributed by atoms with van der Waals surface area (Å²) in [6, 6.07) is 0. The van der Waals surface area contributed by atoms with Gasteiger partial charge in [-0.1, -0.05) is 0 Å². The minimum Gasteiger partial charge on any atom is -0.759 e. The van der Waals surface area contributed by atoms with Crippen molar-refractivity contribution in [2.24, 2.45) is 0 Å². The quantitative estimate of drug-likeness (QED) is 0.268. The van der Waals surface area contributed by atoms with Crippen molar-refractivity contribution in [3.63, 3.8) is 0 Å². The zero-order chi connectivity index (χ0) is 13.5. The van der Waals surface area contributed by atoms with Gasteiger partial charge in [0.05, 0.1) is 0 Å². The Morgan fingerprint density at radius 1 is 0.444 bits per heavy atom. The molecule has 0 rings (SSSR count). The molecule has 0 aromatic carbocycles. The van der Waals surface area contributed by atoms with E-state index in [9.17, 15) is 0 Å². The molecule has 0 aliphatic rings. The molecule has 2 N–H and O–H groups in total. The molecule has 18 heteroatoms. The van der Waals surface area contributed by atoms with Crippen molar-refractivity contribution < 1.29 is 92.8 Å². The van der Waals surface area contributed by atoms with Gasteiger partial charge in [-0.25, -0.2) is 0 Å². The van der Waals surface area contributed by atoms with Crippen molar-refractivity contribution in [1.82, 2.24) is 0 Å². The monoisotopic (exact) mass is 410 g/mol. The van der Waals surface area contributed by atoms with Gasteiger partial charge in [0.25, 0.3) is 0 Å².